The summed E-state index contributed by atoms with van der Waals surface area (Å²) < 4.78 is 103. The zero-order valence-corrected chi connectivity index (χ0v) is 51.2. The summed E-state index contributed by atoms with van der Waals surface area (Å²) in [5.41, 5.74) is 5.59. The van der Waals surface area contributed by atoms with Crippen molar-refractivity contribution in [2.24, 2.45) is 0 Å². The van der Waals surface area contributed by atoms with E-state index in [1.54, 1.807) is 60.7 Å². The Kier molecular flexibility index (Phi) is 22.5. The first-order valence-corrected chi connectivity index (χ1v) is 31.2. The fourth-order valence-electron chi connectivity index (χ4n) is 11.8. The maximum atomic E-state index is 15.1. The van der Waals surface area contributed by atoms with Crippen molar-refractivity contribution in [1.82, 2.24) is 0 Å². The third kappa shape index (κ3) is 16.5. The van der Waals surface area contributed by atoms with Crippen LogP contribution in [-0.2, 0) is 104 Å². The average Bonchev–Trinajstić information content (AvgIpc) is 0.794. The van der Waals surface area contributed by atoms with Gasteiger partial charge in [0.25, 0.3) is 0 Å². The van der Waals surface area contributed by atoms with Crippen LogP contribution in [0, 0.1) is 0 Å². The molecule has 16 atom stereocenters. The van der Waals surface area contributed by atoms with Crippen molar-refractivity contribution in [3.63, 3.8) is 0 Å². The van der Waals surface area contributed by atoms with Gasteiger partial charge in [-0.1, -0.05) is 218 Å². The van der Waals surface area contributed by atoms with Crippen LogP contribution in [-0.4, -0.2) is 124 Å². The molecule has 4 aliphatic rings. The molecule has 8 aromatic carbocycles. The van der Waals surface area contributed by atoms with E-state index in [2.05, 4.69) is 0 Å². The molecule has 0 N–H and O–H groups in total. The van der Waals surface area contributed by atoms with Crippen LogP contribution >= 0.6 is 0 Å². The maximum absolute atomic E-state index is 15.1. The fraction of sp³-hybridized carbons (Fsp3) is 0.333. The molecule has 0 amide bonds. The molecule has 0 aromatic heterocycles. The van der Waals surface area contributed by atoms with E-state index in [1.165, 1.54) is 7.11 Å². The Bertz CT molecular complexity index is 3470. The van der Waals surface area contributed by atoms with Crippen LogP contribution in [0.25, 0.3) is 0 Å². The van der Waals surface area contributed by atoms with Gasteiger partial charge in [-0.3, -0.25) is 0 Å². The Morgan fingerprint density at radius 1 is 0.391 bits per heavy atom. The number of esters is 2. The summed E-state index contributed by atoms with van der Waals surface area (Å²) in [5.74, 6) is -1.55. The summed E-state index contributed by atoms with van der Waals surface area (Å²) in [7, 11) is 1.51. The lowest BCUT2D eigenvalue weighted by atomic mass is 9.94. The monoisotopic (exact) mass is 1250 g/mol. The zero-order valence-electron chi connectivity index (χ0n) is 51.2. The van der Waals surface area contributed by atoms with Gasteiger partial charge in [0.1, 0.15) is 54.9 Å². The zero-order chi connectivity index (χ0) is 62.9. The predicted molar refractivity (Wildman–Crippen MR) is 336 cm³/mol. The predicted octanol–water partition coefficient (Wildman–Crippen LogP) is 11.7. The molecule has 0 aliphatic carbocycles. The number of carbonyl (C=O) groups excluding carboxylic acids is 2. The van der Waals surface area contributed by atoms with E-state index in [1.807, 2.05) is 189 Å². The maximum Gasteiger partial charge on any atom is 0.338 e. The molecular formula is C75H76O17. The number of hydrogen-bond acceptors (Lipinski definition) is 17. The molecule has 478 valence electrons. The fourth-order valence-corrected chi connectivity index (χ4v) is 11.8. The van der Waals surface area contributed by atoms with Crippen LogP contribution in [0.15, 0.2) is 243 Å². The summed E-state index contributed by atoms with van der Waals surface area (Å²) in [5, 5.41) is 0. The summed E-state index contributed by atoms with van der Waals surface area (Å²) in [6, 6.07) is 75.2. The molecule has 8 aromatic rings. The lowest BCUT2D eigenvalue weighted by Gasteiger charge is -2.52. The number of ether oxygens (including phenoxy) is 15. The lowest BCUT2D eigenvalue weighted by Crippen LogP contribution is -2.68. The molecule has 0 bridgehead atoms. The molecular weight excluding hydrogens is 1170 g/mol. The molecule has 92 heavy (non-hydrogen) atoms. The Morgan fingerprint density at radius 3 is 1.28 bits per heavy atom. The first kappa shape index (κ1) is 64.3. The first-order valence-electron chi connectivity index (χ1n) is 31.2. The van der Waals surface area contributed by atoms with Gasteiger partial charge in [0.2, 0.25) is 0 Å². The molecule has 4 heterocycles. The SMILES string of the molecule is CO[C@H]1O[C@@H]2COC(c3ccccc3)O[C@H]2[C@H](O[C@@H]2O[C@H](COCc3ccccc3)[C@@H](O[C@@H]3O[C@@H](C)[C@H](OCc4ccccc4)[C@@H](OCc4ccccc4)[C@H]3OCc3ccccc3)[C@H](OC(=O)c3ccccc3)[C@H]2OC(=O)c2ccccc2)[C@H]1OCc1ccccc1. The van der Waals surface area contributed by atoms with Crippen LogP contribution in [0.4, 0.5) is 0 Å². The normalized spacial score (nSPS) is 27.9. The van der Waals surface area contributed by atoms with Crippen molar-refractivity contribution in [2.45, 2.75) is 138 Å². The summed E-state index contributed by atoms with van der Waals surface area (Å²) >= 11 is 0. The number of fused-ring (bicyclic) bond motifs is 1. The smallest absolute Gasteiger partial charge is 0.338 e. The van der Waals surface area contributed by atoms with Crippen molar-refractivity contribution in [3.05, 3.63) is 287 Å². The van der Waals surface area contributed by atoms with Crippen molar-refractivity contribution in [2.75, 3.05) is 20.3 Å². The number of rotatable bonds is 26. The summed E-state index contributed by atoms with van der Waals surface area (Å²) in [6.07, 6.45) is -17.9. The van der Waals surface area contributed by atoms with Crippen LogP contribution < -0.4 is 0 Å². The van der Waals surface area contributed by atoms with Gasteiger partial charge in [-0.25, -0.2) is 9.59 Å². The van der Waals surface area contributed by atoms with E-state index in [0.29, 0.717) is 0 Å². The molecule has 0 radical (unpaired) electrons. The second kappa shape index (κ2) is 32.2. The minimum atomic E-state index is -1.63. The molecule has 0 spiro atoms. The lowest BCUT2D eigenvalue weighted by molar-refractivity contribution is -0.402. The van der Waals surface area contributed by atoms with Gasteiger partial charge in [0.15, 0.2) is 37.4 Å². The van der Waals surface area contributed by atoms with Gasteiger partial charge >= 0.3 is 11.9 Å². The first-order chi connectivity index (χ1) is 45.3. The van der Waals surface area contributed by atoms with E-state index in [-0.39, 0.29) is 57.4 Å². The van der Waals surface area contributed by atoms with Gasteiger partial charge in [-0.15, -0.1) is 0 Å². The average molecular weight is 1250 g/mol. The minimum absolute atomic E-state index is 0.0675. The highest BCUT2D eigenvalue weighted by Crippen LogP contribution is 2.42. The highest BCUT2D eigenvalue weighted by molar-refractivity contribution is 5.90. The van der Waals surface area contributed by atoms with Crippen LogP contribution in [0.1, 0.15) is 67.3 Å². The van der Waals surface area contributed by atoms with E-state index in [9.17, 15) is 0 Å². The number of methoxy groups -OCH3 is 1. The van der Waals surface area contributed by atoms with Crippen LogP contribution in [0.5, 0.6) is 0 Å². The molecule has 0 saturated carbocycles. The molecule has 12 rings (SSSR count). The topological polar surface area (TPSA) is 173 Å². The highest BCUT2D eigenvalue weighted by atomic mass is 16.8. The molecule has 4 aliphatic heterocycles. The van der Waals surface area contributed by atoms with E-state index in [4.69, 9.17) is 71.1 Å². The minimum Gasteiger partial charge on any atom is -0.452 e. The van der Waals surface area contributed by atoms with Crippen molar-refractivity contribution >= 4 is 11.9 Å². The Balaban J connectivity index is 0.976. The number of benzene rings is 8. The Hall–Kier alpha value is -7.82. The number of hydrogen-bond donors (Lipinski definition) is 0. The Labute approximate surface area is 536 Å². The van der Waals surface area contributed by atoms with E-state index >= 15 is 9.59 Å². The van der Waals surface area contributed by atoms with Crippen LogP contribution in [0.3, 0.4) is 0 Å². The number of carbonyl (C=O) groups is 2. The van der Waals surface area contributed by atoms with Gasteiger partial charge in [0, 0.05) is 12.7 Å². The second-order valence-corrected chi connectivity index (χ2v) is 22.9. The largest absolute Gasteiger partial charge is 0.452 e. The second-order valence-electron chi connectivity index (χ2n) is 22.9. The van der Waals surface area contributed by atoms with Gasteiger partial charge < -0.3 is 71.1 Å². The molecule has 4 saturated heterocycles. The quantitative estimate of drug-likeness (QED) is 0.0468. The Morgan fingerprint density at radius 2 is 0.793 bits per heavy atom. The van der Waals surface area contributed by atoms with Crippen molar-refractivity contribution in [3.8, 4) is 0 Å². The highest BCUT2D eigenvalue weighted by Gasteiger charge is 2.59. The van der Waals surface area contributed by atoms with Gasteiger partial charge in [-0.2, -0.15) is 0 Å². The van der Waals surface area contributed by atoms with Crippen molar-refractivity contribution < 1.29 is 80.6 Å². The van der Waals surface area contributed by atoms with Gasteiger partial charge in [-0.05, 0) is 59.0 Å². The van der Waals surface area contributed by atoms with E-state index < -0.39 is 110 Å². The summed E-state index contributed by atoms with van der Waals surface area (Å²) in [4.78, 5) is 30.2. The molecule has 4 fully saturated rings. The van der Waals surface area contributed by atoms with E-state index in [0.717, 1.165) is 33.4 Å². The molecule has 1 unspecified atom stereocenters. The third-order valence-electron chi connectivity index (χ3n) is 16.5. The molecule has 17 nitrogen and oxygen atoms in total. The summed E-state index contributed by atoms with van der Waals surface area (Å²) in [6.45, 7) is 2.52. The molecule has 17 heteroatoms. The third-order valence-corrected chi connectivity index (χ3v) is 16.5. The standard InChI is InChI=1S/C75H76O17/c1-50-61(80-44-52-29-13-4-14-30-52)64(81-45-53-31-15-5-16-32-53)67(82-46-54-33-17-6-18-34-54)74(85-50)91-62-59(48-79-43-51-27-11-3-12-28-51)87-75(69(89-71(77)57-39-23-9-24-40-57)66(62)88-70(76)56-37-21-8-22-38-56)92-65-63-60(49-84-72(90-63)58-41-25-10-26-42-58)86-73(78-2)68(65)83-47-55-35-19-7-20-36-55/h3-42,50,59-69,72-75H,43-49H2,1-2H3/t50-,59+,60+,61-,62+,63+,64+,65-,66-,67+,68+,69+,72?,73-,74-,75-/m0/s1. The van der Waals surface area contributed by atoms with Crippen molar-refractivity contribution in [1.29, 1.82) is 0 Å². The van der Waals surface area contributed by atoms with Crippen LogP contribution in [0.2, 0.25) is 0 Å². The van der Waals surface area contributed by atoms with Gasteiger partial charge in [0.05, 0.1) is 63.5 Å².